The van der Waals surface area contributed by atoms with Crippen LogP contribution < -0.4 is 4.90 Å². The number of anilines is 1. The summed E-state index contributed by atoms with van der Waals surface area (Å²) >= 11 is 0. The second-order valence-corrected chi connectivity index (χ2v) is 4.33. The lowest BCUT2D eigenvalue weighted by Gasteiger charge is -2.28. The molecule has 1 aromatic carbocycles. The zero-order valence-corrected chi connectivity index (χ0v) is 10.5. The topological polar surface area (TPSA) is 70.0 Å². The first-order valence-corrected chi connectivity index (χ1v) is 6.18. The molecule has 1 aromatic rings. The molecule has 1 unspecified atom stereocenters. The van der Waals surface area contributed by atoms with E-state index in [0.29, 0.717) is 0 Å². The molecule has 1 aliphatic heterocycles. The molecule has 2 N–H and O–H groups in total. The highest BCUT2D eigenvalue weighted by atomic mass is 16.5. The summed E-state index contributed by atoms with van der Waals surface area (Å²) in [5.74, 6) is -1.25. The molecule has 0 spiro atoms. The molecule has 0 radical (unpaired) electrons. The Morgan fingerprint density at radius 1 is 1.26 bits per heavy atom. The van der Waals surface area contributed by atoms with Gasteiger partial charge in [-0.05, 0) is 23.8 Å². The Morgan fingerprint density at radius 2 is 1.89 bits per heavy atom. The van der Waals surface area contributed by atoms with Gasteiger partial charge in [-0.1, -0.05) is 18.2 Å². The van der Waals surface area contributed by atoms with Crippen molar-refractivity contribution in [2.75, 3.05) is 31.2 Å². The van der Waals surface area contributed by atoms with Gasteiger partial charge < -0.3 is 19.8 Å². The number of hydrogen-bond donors (Lipinski definition) is 2. The van der Waals surface area contributed by atoms with Gasteiger partial charge in [0.15, 0.2) is 6.10 Å². The number of carboxylic acid groups (broad SMARTS) is 1. The minimum atomic E-state index is -1.46. The van der Waals surface area contributed by atoms with Crippen molar-refractivity contribution in [3.8, 4) is 0 Å². The number of carbonyl (C=O) groups is 1. The number of aliphatic hydroxyl groups excluding tert-OH is 1. The maximum atomic E-state index is 10.5. The number of nitrogens with zero attached hydrogens (tertiary/aromatic N) is 1. The molecule has 2 rings (SSSR count). The van der Waals surface area contributed by atoms with E-state index in [1.165, 1.54) is 6.08 Å². The summed E-state index contributed by atoms with van der Waals surface area (Å²) in [4.78, 5) is 12.7. The van der Waals surface area contributed by atoms with Crippen LogP contribution in [0.1, 0.15) is 5.56 Å². The Kier molecular flexibility index (Phi) is 4.54. The fourth-order valence-corrected chi connectivity index (χ4v) is 1.90. The minimum Gasteiger partial charge on any atom is -0.479 e. The predicted molar refractivity (Wildman–Crippen MR) is 72.2 cm³/mol. The van der Waals surface area contributed by atoms with E-state index in [9.17, 15) is 4.79 Å². The average molecular weight is 263 g/mol. The number of ether oxygens (including phenoxy) is 1. The highest BCUT2D eigenvalue weighted by molar-refractivity contribution is 5.76. The van der Waals surface area contributed by atoms with Crippen LogP contribution in [0, 0.1) is 0 Å². The smallest absolute Gasteiger partial charge is 0.336 e. The van der Waals surface area contributed by atoms with E-state index < -0.39 is 12.1 Å². The molecule has 5 heteroatoms. The van der Waals surface area contributed by atoms with E-state index in [1.54, 1.807) is 6.08 Å². The van der Waals surface area contributed by atoms with Crippen LogP contribution in [0.15, 0.2) is 30.3 Å². The molecule has 0 aromatic heterocycles. The summed E-state index contributed by atoms with van der Waals surface area (Å²) < 4.78 is 5.30. The Labute approximate surface area is 111 Å². The van der Waals surface area contributed by atoms with Gasteiger partial charge in [-0.3, -0.25) is 0 Å². The second-order valence-electron chi connectivity index (χ2n) is 4.33. The van der Waals surface area contributed by atoms with Gasteiger partial charge in [0.25, 0.3) is 0 Å². The van der Waals surface area contributed by atoms with Crippen LogP contribution in [0.5, 0.6) is 0 Å². The number of aliphatic hydroxyl groups is 1. The van der Waals surface area contributed by atoms with Crippen LogP contribution >= 0.6 is 0 Å². The Morgan fingerprint density at radius 3 is 2.47 bits per heavy atom. The molecule has 5 nitrogen and oxygen atoms in total. The van der Waals surface area contributed by atoms with E-state index in [0.717, 1.165) is 37.6 Å². The summed E-state index contributed by atoms with van der Waals surface area (Å²) in [6.07, 6.45) is 1.40. The van der Waals surface area contributed by atoms with Gasteiger partial charge in [0.05, 0.1) is 13.2 Å². The molecule has 102 valence electrons. The van der Waals surface area contributed by atoms with Gasteiger partial charge in [-0.25, -0.2) is 4.79 Å². The van der Waals surface area contributed by atoms with Crippen molar-refractivity contribution < 1.29 is 19.7 Å². The highest BCUT2D eigenvalue weighted by Crippen LogP contribution is 2.17. The highest BCUT2D eigenvalue weighted by Gasteiger charge is 2.10. The zero-order valence-electron chi connectivity index (χ0n) is 10.5. The summed E-state index contributed by atoms with van der Waals surface area (Å²) in [5, 5.41) is 17.7. The first-order valence-electron chi connectivity index (χ1n) is 6.18. The quantitative estimate of drug-likeness (QED) is 0.847. The van der Waals surface area contributed by atoms with E-state index in [-0.39, 0.29) is 0 Å². The van der Waals surface area contributed by atoms with Crippen LogP contribution in [-0.2, 0) is 9.53 Å². The number of carboxylic acids is 1. The number of hydrogen-bond acceptors (Lipinski definition) is 4. The Bertz CT molecular complexity index is 449. The van der Waals surface area contributed by atoms with Crippen LogP contribution in [0.3, 0.4) is 0 Å². The van der Waals surface area contributed by atoms with Crippen molar-refractivity contribution in [1.82, 2.24) is 0 Å². The third kappa shape index (κ3) is 3.81. The van der Waals surface area contributed by atoms with Crippen molar-refractivity contribution in [3.05, 3.63) is 35.9 Å². The molecule has 19 heavy (non-hydrogen) atoms. The van der Waals surface area contributed by atoms with E-state index in [4.69, 9.17) is 14.9 Å². The van der Waals surface area contributed by atoms with E-state index in [2.05, 4.69) is 4.90 Å². The molecule has 0 bridgehead atoms. The monoisotopic (exact) mass is 263 g/mol. The van der Waals surface area contributed by atoms with Crippen LogP contribution in [-0.4, -0.2) is 48.6 Å². The minimum absolute atomic E-state index is 0.743. The van der Waals surface area contributed by atoms with Crippen LogP contribution in [0.25, 0.3) is 6.08 Å². The van der Waals surface area contributed by atoms with E-state index >= 15 is 0 Å². The molecule has 1 atom stereocenters. The molecule has 1 saturated heterocycles. The van der Waals surface area contributed by atoms with Crippen molar-refractivity contribution in [3.63, 3.8) is 0 Å². The first-order chi connectivity index (χ1) is 9.16. The zero-order chi connectivity index (χ0) is 13.7. The molecular weight excluding hydrogens is 246 g/mol. The van der Waals surface area contributed by atoms with Gasteiger partial charge in [-0.15, -0.1) is 0 Å². The Balaban J connectivity index is 1.99. The summed E-state index contributed by atoms with van der Waals surface area (Å²) in [6.45, 7) is 3.25. The maximum absolute atomic E-state index is 10.5. The third-order valence-corrected chi connectivity index (χ3v) is 2.99. The standard InChI is InChI=1S/C14H17NO4/c16-13(14(17)18)6-3-11-1-4-12(5-2-11)15-7-9-19-10-8-15/h1-6,13,16H,7-10H2,(H,17,18)/b6-3+. The maximum Gasteiger partial charge on any atom is 0.336 e. The average Bonchev–Trinajstić information content (AvgIpc) is 2.46. The number of aliphatic carboxylic acids is 1. The molecule has 0 saturated carbocycles. The summed E-state index contributed by atoms with van der Waals surface area (Å²) in [5.41, 5.74) is 1.98. The van der Waals surface area contributed by atoms with Crippen LogP contribution in [0.2, 0.25) is 0 Å². The molecule has 0 aliphatic carbocycles. The molecular formula is C14H17NO4. The lowest BCUT2D eigenvalue weighted by molar-refractivity contribution is -0.143. The second kappa shape index (κ2) is 6.36. The first kappa shape index (κ1) is 13.6. The SMILES string of the molecule is O=C(O)C(O)/C=C/c1ccc(N2CCOCC2)cc1. The lowest BCUT2D eigenvalue weighted by atomic mass is 10.1. The van der Waals surface area contributed by atoms with Gasteiger partial charge in [0, 0.05) is 18.8 Å². The largest absolute Gasteiger partial charge is 0.479 e. The van der Waals surface area contributed by atoms with Crippen LogP contribution in [0.4, 0.5) is 5.69 Å². The van der Waals surface area contributed by atoms with Crippen molar-refractivity contribution in [2.45, 2.75) is 6.10 Å². The molecule has 1 fully saturated rings. The lowest BCUT2D eigenvalue weighted by Crippen LogP contribution is -2.36. The van der Waals surface area contributed by atoms with Gasteiger partial charge in [-0.2, -0.15) is 0 Å². The summed E-state index contributed by atoms with van der Waals surface area (Å²) in [7, 11) is 0. The fraction of sp³-hybridized carbons (Fsp3) is 0.357. The molecule has 1 heterocycles. The molecule has 0 amide bonds. The number of morpholine rings is 1. The van der Waals surface area contributed by atoms with Gasteiger partial charge in [0.2, 0.25) is 0 Å². The van der Waals surface area contributed by atoms with E-state index in [1.807, 2.05) is 24.3 Å². The predicted octanol–water partition coefficient (Wildman–Crippen LogP) is 0.982. The van der Waals surface area contributed by atoms with Gasteiger partial charge >= 0.3 is 5.97 Å². The third-order valence-electron chi connectivity index (χ3n) is 2.99. The molecule has 1 aliphatic rings. The summed E-state index contributed by atoms with van der Waals surface area (Å²) in [6, 6.07) is 7.77. The number of benzene rings is 1. The Hall–Kier alpha value is -1.85. The van der Waals surface area contributed by atoms with Gasteiger partial charge in [0.1, 0.15) is 0 Å². The fourth-order valence-electron chi connectivity index (χ4n) is 1.90. The normalized spacial score (nSPS) is 17.6. The van der Waals surface area contributed by atoms with Crippen molar-refractivity contribution >= 4 is 17.7 Å². The van der Waals surface area contributed by atoms with Crippen molar-refractivity contribution in [2.24, 2.45) is 0 Å². The van der Waals surface area contributed by atoms with Crippen molar-refractivity contribution in [1.29, 1.82) is 0 Å². The number of rotatable bonds is 4.